The molecule has 5 heteroatoms. The summed E-state index contributed by atoms with van der Waals surface area (Å²) < 4.78 is 5.93. The maximum absolute atomic E-state index is 12.9. The fourth-order valence-electron chi connectivity index (χ4n) is 5.36. The third-order valence-corrected chi connectivity index (χ3v) is 6.66. The van der Waals surface area contributed by atoms with Crippen molar-refractivity contribution in [3.8, 4) is 0 Å². The Hall–Kier alpha value is -3.25. The summed E-state index contributed by atoms with van der Waals surface area (Å²) in [4.78, 5) is 12.9. The van der Waals surface area contributed by atoms with Gasteiger partial charge >= 0.3 is 0 Å². The lowest BCUT2D eigenvalue weighted by atomic mass is 9.84. The summed E-state index contributed by atoms with van der Waals surface area (Å²) in [6.45, 7) is -0.277. The van der Waals surface area contributed by atoms with Crippen LogP contribution in [0, 0.1) is 0 Å². The number of nitrogens with two attached hydrogens (primary N) is 1. The van der Waals surface area contributed by atoms with Crippen LogP contribution in [0.3, 0.4) is 0 Å². The molecule has 1 unspecified atom stereocenters. The lowest BCUT2D eigenvalue weighted by Crippen LogP contribution is -2.24. The Morgan fingerprint density at radius 3 is 2.23 bits per heavy atom. The van der Waals surface area contributed by atoms with E-state index in [9.17, 15) is 15.0 Å². The van der Waals surface area contributed by atoms with E-state index < -0.39 is 24.2 Å². The smallest absolute Gasteiger partial charge is 0.249 e. The van der Waals surface area contributed by atoms with E-state index in [1.54, 1.807) is 0 Å². The normalized spacial score (nSPS) is 21.7. The van der Waals surface area contributed by atoms with E-state index in [0.29, 0.717) is 17.5 Å². The zero-order valence-corrected chi connectivity index (χ0v) is 16.7. The molecular formula is C26H21NO4. The van der Waals surface area contributed by atoms with Crippen molar-refractivity contribution < 1.29 is 19.7 Å². The fourth-order valence-corrected chi connectivity index (χ4v) is 5.36. The molecule has 154 valence electrons. The van der Waals surface area contributed by atoms with Crippen LogP contribution >= 0.6 is 0 Å². The van der Waals surface area contributed by atoms with Crippen LogP contribution in [0.25, 0.3) is 43.1 Å². The minimum atomic E-state index is -0.793. The molecule has 5 aromatic rings. The molecule has 0 radical (unpaired) electrons. The molecule has 0 bridgehead atoms. The van der Waals surface area contributed by atoms with Crippen LogP contribution in [0.2, 0.25) is 0 Å². The van der Waals surface area contributed by atoms with Gasteiger partial charge in [0.05, 0.1) is 24.4 Å². The Morgan fingerprint density at radius 2 is 1.58 bits per heavy atom. The van der Waals surface area contributed by atoms with Crippen LogP contribution in [-0.4, -0.2) is 34.9 Å². The predicted octanol–water partition coefficient (Wildman–Crippen LogP) is 4.02. The van der Waals surface area contributed by atoms with Gasteiger partial charge < -0.3 is 20.7 Å². The molecule has 0 spiro atoms. The number of hydrogen-bond acceptors (Lipinski definition) is 4. The van der Waals surface area contributed by atoms with Crippen LogP contribution in [0.4, 0.5) is 0 Å². The number of amides is 1. The maximum atomic E-state index is 12.9. The average Bonchev–Trinajstić information content (AvgIpc) is 3.16. The second kappa shape index (κ2) is 6.62. The number of hydrogen-bond donors (Lipinski definition) is 3. The Bertz CT molecular complexity index is 1490. The highest BCUT2D eigenvalue weighted by Gasteiger charge is 2.37. The van der Waals surface area contributed by atoms with Crippen molar-refractivity contribution in [3.05, 3.63) is 71.8 Å². The van der Waals surface area contributed by atoms with Crippen molar-refractivity contribution in [1.29, 1.82) is 0 Å². The van der Waals surface area contributed by atoms with Crippen molar-refractivity contribution in [2.24, 2.45) is 5.73 Å². The molecule has 1 amide bonds. The van der Waals surface area contributed by atoms with E-state index in [4.69, 9.17) is 10.5 Å². The number of ether oxygens (including phenoxy) is 1. The van der Waals surface area contributed by atoms with Crippen molar-refractivity contribution in [3.63, 3.8) is 0 Å². The number of benzene rings is 5. The van der Waals surface area contributed by atoms with Gasteiger partial charge in [-0.2, -0.15) is 0 Å². The van der Waals surface area contributed by atoms with Crippen molar-refractivity contribution >= 4 is 49.0 Å². The lowest BCUT2D eigenvalue weighted by molar-refractivity contribution is -0.0226. The topological polar surface area (TPSA) is 92.8 Å². The first-order chi connectivity index (χ1) is 15.1. The van der Waals surface area contributed by atoms with Gasteiger partial charge in [-0.25, -0.2) is 0 Å². The highest BCUT2D eigenvalue weighted by atomic mass is 16.5. The van der Waals surface area contributed by atoms with E-state index >= 15 is 0 Å². The molecule has 31 heavy (non-hydrogen) atoms. The largest absolute Gasteiger partial charge is 0.394 e. The predicted molar refractivity (Wildman–Crippen MR) is 121 cm³/mol. The van der Waals surface area contributed by atoms with Gasteiger partial charge in [-0.05, 0) is 49.3 Å². The molecule has 1 fully saturated rings. The van der Waals surface area contributed by atoms with E-state index in [0.717, 1.165) is 43.1 Å². The van der Waals surface area contributed by atoms with Crippen LogP contribution in [0.15, 0.2) is 60.7 Å². The van der Waals surface area contributed by atoms with E-state index in [1.165, 1.54) is 0 Å². The number of rotatable bonds is 3. The molecular weight excluding hydrogens is 390 g/mol. The summed E-state index contributed by atoms with van der Waals surface area (Å²) in [5, 5.41) is 28.0. The van der Waals surface area contributed by atoms with Crippen LogP contribution in [0.1, 0.15) is 28.4 Å². The number of carbonyl (C=O) groups excluding carboxylic acids is 1. The minimum absolute atomic E-state index is 0.277. The first-order valence-electron chi connectivity index (χ1n) is 10.4. The standard InChI is InChI=1S/C26H21NO4/c27-26(30)25-18(20-11-19(29)21(12-28)31-20)10-14-6-3-8-16-15-7-1-4-13-5-2-9-17(22(13)15)24(25)23(14)16/h1-10,19-21,28-29H,11-12H2,(H2,27,30)/t19-,20?,21+/m0/s1. The SMILES string of the molecule is NC(=O)c1c(C2C[C@H](O)[C@@H](CO)O2)cc2cccc3c4cccc5cccc(c1c23)c54. The Balaban J connectivity index is 1.81. The van der Waals surface area contributed by atoms with Gasteiger partial charge in [-0.1, -0.05) is 54.6 Å². The third-order valence-electron chi connectivity index (χ3n) is 6.66. The summed E-state index contributed by atoms with van der Waals surface area (Å²) in [6.07, 6.45) is -1.68. The van der Waals surface area contributed by atoms with E-state index in [1.807, 2.05) is 30.3 Å². The molecule has 1 aliphatic heterocycles. The number of fused-ring (bicyclic) bond motifs is 2. The molecule has 4 N–H and O–H groups in total. The van der Waals surface area contributed by atoms with Crippen molar-refractivity contribution in [2.45, 2.75) is 24.7 Å². The zero-order chi connectivity index (χ0) is 21.3. The van der Waals surface area contributed by atoms with Gasteiger partial charge in [0.2, 0.25) is 5.91 Å². The van der Waals surface area contributed by atoms with Crippen molar-refractivity contribution in [1.82, 2.24) is 0 Å². The molecule has 5 nitrogen and oxygen atoms in total. The molecule has 0 aliphatic carbocycles. The zero-order valence-electron chi connectivity index (χ0n) is 16.7. The Labute approximate surface area is 178 Å². The summed E-state index contributed by atoms with van der Waals surface area (Å²) in [7, 11) is 0. The fraction of sp³-hybridized carbons (Fsp3) is 0.192. The van der Waals surface area contributed by atoms with E-state index in [-0.39, 0.29) is 6.61 Å². The number of primary amides is 1. The second-order valence-electron chi connectivity index (χ2n) is 8.34. The van der Waals surface area contributed by atoms with Crippen LogP contribution in [-0.2, 0) is 4.74 Å². The van der Waals surface area contributed by atoms with Gasteiger partial charge in [0.1, 0.15) is 6.10 Å². The summed E-state index contributed by atoms with van der Waals surface area (Å²) in [5.41, 5.74) is 7.06. The molecule has 3 atom stereocenters. The monoisotopic (exact) mass is 411 g/mol. The van der Waals surface area contributed by atoms with Gasteiger partial charge in [0, 0.05) is 11.8 Å². The quantitative estimate of drug-likeness (QED) is 0.309. The van der Waals surface area contributed by atoms with E-state index in [2.05, 4.69) is 30.3 Å². The van der Waals surface area contributed by atoms with Gasteiger partial charge in [0.25, 0.3) is 0 Å². The summed E-state index contributed by atoms with van der Waals surface area (Å²) >= 11 is 0. The first-order valence-corrected chi connectivity index (χ1v) is 10.4. The van der Waals surface area contributed by atoms with Gasteiger partial charge in [-0.3, -0.25) is 4.79 Å². The Morgan fingerprint density at radius 1 is 0.935 bits per heavy atom. The molecule has 5 aromatic carbocycles. The van der Waals surface area contributed by atoms with Crippen LogP contribution < -0.4 is 5.73 Å². The first kappa shape index (κ1) is 18.5. The molecule has 0 aromatic heterocycles. The molecule has 1 saturated heterocycles. The molecule has 1 aliphatic rings. The molecule has 1 heterocycles. The van der Waals surface area contributed by atoms with Gasteiger partial charge in [0.15, 0.2) is 0 Å². The third kappa shape index (κ3) is 2.51. The van der Waals surface area contributed by atoms with Gasteiger partial charge in [-0.15, -0.1) is 0 Å². The lowest BCUT2D eigenvalue weighted by Gasteiger charge is -2.21. The second-order valence-corrected chi connectivity index (χ2v) is 8.34. The molecule has 0 saturated carbocycles. The minimum Gasteiger partial charge on any atom is -0.394 e. The average molecular weight is 411 g/mol. The highest BCUT2D eigenvalue weighted by molar-refractivity contribution is 6.36. The number of carbonyl (C=O) groups is 1. The van der Waals surface area contributed by atoms with Crippen molar-refractivity contribution in [2.75, 3.05) is 6.61 Å². The molecule has 6 rings (SSSR count). The summed E-state index contributed by atoms with van der Waals surface area (Å²) in [6, 6.07) is 20.4. The van der Waals surface area contributed by atoms with Crippen LogP contribution in [0.5, 0.6) is 0 Å². The Kier molecular flexibility index (Phi) is 3.96. The number of aliphatic hydroxyl groups is 2. The summed E-state index contributed by atoms with van der Waals surface area (Å²) in [5.74, 6) is -0.524. The highest BCUT2D eigenvalue weighted by Crippen LogP contribution is 2.45. The maximum Gasteiger partial charge on any atom is 0.249 e. The number of aliphatic hydroxyl groups excluding tert-OH is 2.